The first-order valence-corrected chi connectivity index (χ1v) is 5.48. The van der Waals surface area contributed by atoms with E-state index in [2.05, 4.69) is 5.32 Å². The largest absolute Gasteiger partial charge is 0.422 e. The number of alkyl halides is 3. The third-order valence-electron chi connectivity index (χ3n) is 2.30. The maximum atomic E-state index is 12.6. The van der Waals surface area contributed by atoms with E-state index >= 15 is 0 Å². The van der Waals surface area contributed by atoms with Crippen LogP contribution in [0.1, 0.15) is 18.1 Å². The summed E-state index contributed by atoms with van der Waals surface area (Å²) in [7, 11) is 0. The molecule has 108 valence electrons. The molecule has 1 N–H and O–H groups in total. The van der Waals surface area contributed by atoms with Crippen molar-refractivity contribution >= 4 is 17.7 Å². The Morgan fingerprint density at radius 3 is 2.60 bits per heavy atom. The molecule has 0 aromatic heterocycles. The topological polar surface area (TPSA) is 72.2 Å². The molecule has 0 aliphatic rings. The van der Waals surface area contributed by atoms with Crippen molar-refractivity contribution in [3.05, 3.63) is 45.5 Å². The van der Waals surface area contributed by atoms with Gasteiger partial charge in [0, 0.05) is 19.5 Å². The van der Waals surface area contributed by atoms with Gasteiger partial charge in [0.25, 0.3) is 5.69 Å². The van der Waals surface area contributed by atoms with Gasteiger partial charge in [-0.1, -0.05) is 18.2 Å². The average Bonchev–Trinajstić information content (AvgIpc) is 2.33. The highest BCUT2D eigenvalue weighted by Gasteiger charge is 2.38. The van der Waals surface area contributed by atoms with Gasteiger partial charge in [-0.05, 0) is 11.6 Å². The van der Waals surface area contributed by atoms with E-state index in [1.807, 2.05) is 0 Å². The molecule has 0 atom stereocenters. The fraction of sp³-hybridized carbons (Fsp3) is 0.250. The lowest BCUT2D eigenvalue weighted by Gasteiger charge is -2.07. The number of nitrogens with one attached hydrogen (secondary N) is 1. The van der Waals surface area contributed by atoms with Crippen LogP contribution >= 0.6 is 0 Å². The van der Waals surface area contributed by atoms with Gasteiger partial charge in [-0.2, -0.15) is 13.2 Å². The van der Waals surface area contributed by atoms with Crippen molar-refractivity contribution in [1.82, 2.24) is 5.32 Å². The highest BCUT2D eigenvalue weighted by Crippen LogP contribution is 2.36. The van der Waals surface area contributed by atoms with Crippen LogP contribution < -0.4 is 5.32 Å². The summed E-state index contributed by atoms with van der Waals surface area (Å²) in [5.41, 5.74) is -2.05. The van der Waals surface area contributed by atoms with Crippen molar-refractivity contribution < 1.29 is 22.9 Å². The molecule has 0 aliphatic heterocycles. The number of benzene rings is 1. The lowest BCUT2D eigenvalue weighted by molar-refractivity contribution is -0.388. The summed E-state index contributed by atoms with van der Waals surface area (Å²) in [6.45, 7) is 1.50. The number of halogens is 3. The molecule has 0 fully saturated rings. The highest BCUT2D eigenvalue weighted by atomic mass is 19.4. The second kappa shape index (κ2) is 6.18. The zero-order chi connectivity index (χ0) is 15.3. The molecule has 8 heteroatoms. The Balaban J connectivity index is 3.00. The summed E-state index contributed by atoms with van der Waals surface area (Å²) in [6.07, 6.45) is -1.91. The van der Waals surface area contributed by atoms with E-state index in [9.17, 15) is 28.1 Å². The minimum absolute atomic E-state index is 0.185. The molecule has 1 rings (SSSR count). The zero-order valence-corrected chi connectivity index (χ0v) is 10.4. The van der Waals surface area contributed by atoms with Gasteiger partial charge >= 0.3 is 6.18 Å². The van der Waals surface area contributed by atoms with Gasteiger partial charge in [-0.25, -0.2) is 0 Å². The van der Waals surface area contributed by atoms with Gasteiger partial charge in [0.1, 0.15) is 5.56 Å². The van der Waals surface area contributed by atoms with E-state index in [0.717, 1.165) is 12.1 Å². The molecule has 0 saturated heterocycles. The normalized spacial score (nSPS) is 11.6. The number of nitro benzene ring substituents is 1. The Hall–Kier alpha value is -2.38. The van der Waals surface area contributed by atoms with E-state index in [0.29, 0.717) is 6.07 Å². The summed E-state index contributed by atoms with van der Waals surface area (Å²) < 4.78 is 37.7. The van der Waals surface area contributed by atoms with Gasteiger partial charge in [-0.3, -0.25) is 14.9 Å². The molecule has 1 aromatic carbocycles. The Labute approximate surface area is 112 Å². The maximum Gasteiger partial charge on any atom is 0.422 e. The first kappa shape index (κ1) is 15.7. The summed E-state index contributed by atoms with van der Waals surface area (Å²) in [5.74, 6) is -0.256. The van der Waals surface area contributed by atoms with Gasteiger partial charge in [0.15, 0.2) is 0 Å². The average molecular weight is 288 g/mol. The predicted molar refractivity (Wildman–Crippen MR) is 65.8 cm³/mol. The molecule has 5 nitrogen and oxygen atoms in total. The van der Waals surface area contributed by atoms with Crippen LogP contribution in [-0.2, 0) is 11.0 Å². The van der Waals surface area contributed by atoms with Crippen molar-refractivity contribution in [3.63, 3.8) is 0 Å². The van der Waals surface area contributed by atoms with Crippen LogP contribution in [0.3, 0.4) is 0 Å². The van der Waals surface area contributed by atoms with Crippen molar-refractivity contribution in [1.29, 1.82) is 0 Å². The number of carbonyl (C=O) groups excluding carboxylic acids is 1. The third-order valence-corrected chi connectivity index (χ3v) is 2.30. The third kappa shape index (κ3) is 4.38. The maximum absolute atomic E-state index is 12.6. The SMILES string of the molecule is CC(=O)NCC=Cc1ccc(C(F)(F)F)c([N+](=O)[O-])c1. The molecular weight excluding hydrogens is 277 g/mol. The molecule has 0 spiro atoms. The van der Waals surface area contributed by atoms with Crippen LogP contribution in [0.2, 0.25) is 0 Å². The second-order valence-corrected chi connectivity index (χ2v) is 3.87. The van der Waals surface area contributed by atoms with Gasteiger partial charge in [-0.15, -0.1) is 0 Å². The van der Waals surface area contributed by atoms with Crippen molar-refractivity contribution in [2.24, 2.45) is 0 Å². The molecule has 0 radical (unpaired) electrons. The highest BCUT2D eigenvalue weighted by molar-refractivity contribution is 5.73. The van der Waals surface area contributed by atoms with E-state index < -0.39 is 22.4 Å². The fourth-order valence-electron chi connectivity index (χ4n) is 1.44. The molecule has 0 aliphatic carbocycles. The van der Waals surface area contributed by atoms with Gasteiger partial charge in [0.05, 0.1) is 4.92 Å². The number of amides is 1. The Bertz CT molecular complexity index is 553. The molecule has 1 aromatic rings. The number of hydrogen-bond donors (Lipinski definition) is 1. The molecular formula is C12H11F3N2O3. The molecule has 0 heterocycles. The lowest BCUT2D eigenvalue weighted by atomic mass is 10.1. The fourth-order valence-corrected chi connectivity index (χ4v) is 1.44. The Morgan fingerprint density at radius 2 is 2.10 bits per heavy atom. The van der Waals surface area contributed by atoms with Crippen LogP contribution in [0.25, 0.3) is 6.08 Å². The van der Waals surface area contributed by atoms with E-state index in [4.69, 9.17) is 0 Å². The summed E-state index contributed by atoms with van der Waals surface area (Å²) in [5, 5.41) is 13.1. The minimum atomic E-state index is -4.78. The minimum Gasteiger partial charge on any atom is -0.353 e. The monoisotopic (exact) mass is 288 g/mol. The van der Waals surface area contributed by atoms with Crippen molar-refractivity contribution in [2.75, 3.05) is 6.54 Å². The smallest absolute Gasteiger partial charge is 0.353 e. The summed E-state index contributed by atoms with van der Waals surface area (Å²) >= 11 is 0. The van der Waals surface area contributed by atoms with Gasteiger partial charge < -0.3 is 5.32 Å². The number of carbonyl (C=O) groups is 1. The van der Waals surface area contributed by atoms with Gasteiger partial charge in [0.2, 0.25) is 5.91 Å². The Morgan fingerprint density at radius 1 is 1.45 bits per heavy atom. The van der Waals surface area contributed by atoms with E-state index in [1.165, 1.54) is 19.1 Å². The van der Waals surface area contributed by atoms with E-state index in [-0.39, 0.29) is 18.0 Å². The molecule has 20 heavy (non-hydrogen) atoms. The van der Waals surface area contributed by atoms with Crippen molar-refractivity contribution in [3.8, 4) is 0 Å². The quantitative estimate of drug-likeness (QED) is 0.684. The predicted octanol–water partition coefficient (Wildman–Crippen LogP) is 2.76. The molecule has 0 bridgehead atoms. The lowest BCUT2D eigenvalue weighted by Crippen LogP contribution is -2.19. The second-order valence-electron chi connectivity index (χ2n) is 3.87. The Kier molecular flexibility index (Phi) is 4.84. The van der Waals surface area contributed by atoms with E-state index in [1.54, 1.807) is 0 Å². The van der Waals surface area contributed by atoms with Crippen molar-refractivity contribution in [2.45, 2.75) is 13.1 Å². The molecule has 1 amide bonds. The first-order chi connectivity index (χ1) is 9.21. The first-order valence-electron chi connectivity index (χ1n) is 5.48. The molecule has 0 unspecified atom stereocenters. The van der Waals surface area contributed by atoms with Crippen LogP contribution in [-0.4, -0.2) is 17.4 Å². The van der Waals surface area contributed by atoms with Crippen LogP contribution in [0.4, 0.5) is 18.9 Å². The van der Waals surface area contributed by atoms with Crippen LogP contribution in [0.15, 0.2) is 24.3 Å². The number of rotatable bonds is 4. The zero-order valence-electron chi connectivity index (χ0n) is 10.4. The summed E-state index contributed by atoms with van der Waals surface area (Å²) in [6, 6.07) is 2.63. The summed E-state index contributed by atoms with van der Waals surface area (Å²) in [4.78, 5) is 20.2. The van der Waals surface area contributed by atoms with Crippen LogP contribution in [0.5, 0.6) is 0 Å². The standard InChI is InChI=1S/C12H11F3N2O3/c1-8(18)16-6-2-3-9-4-5-10(12(13,14)15)11(7-9)17(19)20/h2-5,7H,6H2,1H3,(H,16,18). The van der Waals surface area contributed by atoms with Crippen LogP contribution in [0, 0.1) is 10.1 Å². The number of nitrogens with zero attached hydrogens (tertiary/aromatic N) is 1. The number of hydrogen-bond acceptors (Lipinski definition) is 3. The molecule has 0 saturated carbocycles. The number of nitro groups is 1.